The maximum atomic E-state index is 13.2. The van der Waals surface area contributed by atoms with E-state index in [4.69, 9.17) is 16.3 Å². The van der Waals surface area contributed by atoms with E-state index in [2.05, 4.69) is 10.1 Å². The van der Waals surface area contributed by atoms with Crippen LogP contribution in [0.2, 0.25) is 5.02 Å². The lowest BCUT2D eigenvalue weighted by atomic mass is 10.2. The second kappa shape index (κ2) is 5.54. The van der Waals surface area contributed by atoms with Crippen molar-refractivity contribution in [1.82, 2.24) is 5.32 Å². The van der Waals surface area contributed by atoms with E-state index in [1.807, 2.05) is 0 Å². The van der Waals surface area contributed by atoms with Crippen LogP contribution in [0.4, 0.5) is 4.39 Å². The molecule has 2 atom stereocenters. The van der Waals surface area contributed by atoms with Crippen molar-refractivity contribution < 1.29 is 18.7 Å². The molecule has 2 rings (SSSR count). The zero-order valence-electron chi connectivity index (χ0n) is 9.78. The highest BCUT2D eigenvalue weighted by Gasteiger charge is 2.31. The highest BCUT2D eigenvalue weighted by Crippen LogP contribution is 2.23. The molecule has 0 radical (unpaired) electrons. The molecule has 0 spiro atoms. The van der Waals surface area contributed by atoms with E-state index in [0.717, 1.165) is 0 Å². The van der Waals surface area contributed by atoms with Crippen molar-refractivity contribution in [3.05, 3.63) is 29.0 Å². The summed E-state index contributed by atoms with van der Waals surface area (Å²) < 4.78 is 23.4. The number of hydrogen-bond acceptors (Lipinski definition) is 4. The van der Waals surface area contributed by atoms with Crippen molar-refractivity contribution in [2.24, 2.45) is 0 Å². The molecule has 0 saturated carbocycles. The molecule has 1 aromatic rings. The topological polar surface area (TPSA) is 47.6 Å². The predicted molar refractivity (Wildman–Crippen MR) is 64.2 cm³/mol. The first-order valence-corrected chi connectivity index (χ1v) is 5.91. The van der Waals surface area contributed by atoms with Crippen LogP contribution in [0.3, 0.4) is 0 Å². The second-order valence-corrected chi connectivity index (χ2v) is 4.44. The minimum Gasteiger partial charge on any atom is -0.489 e. The van der Waals surface area contributed by atoms with E-state index in [1.54, 1.807) is 6.07 Å². The highest BCUT2D eigenvalue weighted by atomic mass is 35.5. The third-order valence-electron chi connectivity index (χ3n) is 2.77. The normalized spacial score (nSPS) is 22.8. The van der Waals surface area contributed by atoms with Gasteiger partial charge in [-0.3, -0.25) is 4.79 Å². The van der Waals surface area contributed by atoms with Gasteiger partial charge in [0.25, 0.3) is 0 Å². The fourth-order valence-corrected chi connectivity index (χ4v) is 1.98. The second-order valence-electron chi connectivity index (χ2n) is 4.04. The van der Waals surface area contributed by atoms with E-state index in [-0.39, 0.29) is 23.1 Å². The van der Waals surface area contributed by atoms with Gasteiger partial charge in [0.15, 0.2) is 0 Å². The van der Waals surface area contributed by atoms with Gasteiger partial charge in [0.2, 0.25) is 0 Å². The first-order valence-electron chi connectivity index (χ1n) is 5.53. The van der Waals surface area contributed by atoms with Gasteiger partial charge < -0.3 is 14.8 Å². The lowest BCUT2D eigenvalue weighted by Gasteiger charge is -2.13. The zero-order chi connectivity index (χ0) is 13.1. The number of nitrogens with one attached hydrogen (secondary N) is 1. The van der Waals surface area contributed by atoms with Crippen LogP contribution in [0.5, 0.6) is 5.75 Å². The summed E-state index contributed by atoms with van der Waals surface area (Å²) in [6.07, 6.45) is 0.311. The first-order chi connectivity index (χ1) is 8.60. The Morgan fingerprint density at radius 2 is 2.33 bits per heavy atom. The van der Waals surface area contributed by atoms with Crippen LogP contribution in [0.15, 0.2) is 18.2 Å². The summed E-state index contributed by atoms with van der Waals surface area (Å²) in [5.74, 6) is -0.442. The van der Waals surface area contributed by atoms with E-state index >= 15 is 0 Å². The average molecular weight is 274 g/mol. The van der Waals surface area contributed by atoms with Gasteiger partial charge in [-0.05, 0) is 12.1 Å². The summed E-state index contributed by atoms with van der Waals surface area (Å²) in [5, 5.41) is 3.04. The first kappa shape index (κ1) is 13.1. The molecule has 1 aromatic carbocycles. The number of rotatable bonds is 3. The Hall–Kier alpha value is -1.33. The Balaban J connectivity index is 1.95. The molecule has 1 aliphatic heterocycles. The number of carbonyl (C=O) groups is 1. The molecule has 1 aliphatic rings. The molecular weight excluding hydrogens is 261 g/mol. The lowest BCUT2D eigenvalue weighted by molar-refractivity contribution is -0.142. The molecule has 1 heterocycles. The molecule has 0 aromatic heterocycles. The fraction of sp³-hybridized carbons (Fsp3) is 0.417. The van der Waals surface area contributed by atoms with Gasteiger partial charge in [-0.15, -0.1) is 0 Å². The molecule has 6 heteroatoms. The van der Waals surface area contributed by atoms with Gasteiger partial charge in [0.1, 0.15) is 23.7 Å². The number of ether oxygens (including phenoxy) is 2. The summed E-state index contributed by atoms with van der Waals surface area (Å²) in [6.45, 7) is 0.518. The monoisotopic (exact) mass is 273 g/mol. The van der Waals surface area contributed by atoms with Crippen molar-refractivity contribution in [1.29, 1.82) is 0 Å². The summed E-state index contributed by atoms with van der Waals surface area (Å²) in [6, 6.07) is 3.90. The maximum absolute atomic E-state index is 13.2. The van der Waals surface area contributed by atoms with E-state index in [1.165, 1.54) is 19.2 Å². The van der Waals surface area contributed by atoms with Crippen molar-refractivity contribution in [2.75, 3.05) is 13.7 Å². The average Bonchev–Trinajstić information content (AvgIpc) is 2.81. The third-order valence-corrected chi connectivity index (χ3v) is 3.08. The van der Waals surface area contributed by atoms with Gasteiger partial charge in [-0.25, -0.2) is 4.39 Å². The zero-order valence-corrected chi connectivity index (χ0v) is 10.5. The molecule has 0 amide bonds. The Labute approximate surface area is 109 Å². The van der Waals surface area contributed by atoms with Crippen LogP contribution in [0, 0.1) is 5.82 Å². The number of esters is 1. The Kier molecular flexibility index (Phi) is 4.04. The van der Waals surface area contributed by atoms with Crippen molar-refractivity contribution in [2.45, 2.75) is 18.6 Å². The van der Waals surface area contributed by atoms with Crippen LogP contribution in [-0.4, -0.2) is 31.8 Å². The molecule has 18 heavy (non-hydrogen) atoms. The molecule has 0 unspecified atom stereocenters. The minimum absolute atomic E-state index is 0.0549. The molecule has 4 nitrogen and oxygen atoms in total. The van der Waals surface area contributed by atoms with Gasteiger partial charge >= 0.3 is 5.97 Å². The molecule has 0 bridgehead atoms. The number of halogens is 2. The van der Waals surface area contributed by atoms with Crippen LogP contribution in [-0.2, 0) is 9.53 Å². The molecule has 98 valence electrons. The largest absolute Gasteiger partial charge is 0.489 e. The maximum Gasteiger partial charge on any atom is 0.323 e. The van der Waals surface area contributed by atoms with Crippen LogP contribution in [0.25, 0.3) is 0 Å². The molecular formula is C12H13ClFNO3. The fourth-order valence-electron chi connectivity index (χ4n) is 1.86. The Morgan fingerprint density at radius 1 is 1.56 bits per heavy atom. The smallest absolute Gasteiger partial charge is 0.323 e. The Morgan fingerprint density at radius 3 is 3.00 bits per heavy atom. The molecule has 1 N–H and O–H groups in total. The standard InChI is InChI=1S/C12H13ClFNO3/c1-17-12(16)11-5-8(6-15-11)18-7-2-3-9(13)10(14)4-7/h2-4,8,11,15H,5-6H2,1H3/t8-,11+/m1/s1. The van der Waals surface area contributed by atoms with E-state index in [0.29, 0.717) is 18.7 Å². The number of hydrogen-bond donors (Lipinski definition) is 1. The van der Waals surface area contributed by atoms with Crippen molar-refractivity contribution in [3.8, 4) is 5.75 Å². The summed E-state index contributed by atoms with van der Waals surface area (Å²) in [4.78, 5) is 11.3. The SMILES string of the molecule is COC(=O)[C@@H]1C[C@@H](Oc2ccc(Cl)c(F)c2)CN1. The predicted octanol–water partition coefficient (Wildman–Crippen LogP) is 1.76. The van der Waals surface area contributed by atoms with Crippen LogP contribution < -0.4 is 10.1 Å². The Bertz CT molecular complexity index is 455. The van der Waals surface area contributed by atoms with E-state index < -0.39 is 5.82 Å². The highest BCUT2D eigenvalue weighted by molar-refractivity contribution is 6.30. The minimum atomic E-state index is -0.523. The van der Waals surface area contributed by atoms with Gasteiger partial charge in [-0.2, -0.15) is 0 Å². The van der Waals surface area contributed by atoms with Gasteiger partial charge in [0.05, 0.1) is 12.1 Å². The third kappa shape index (κ3) is 2.91. The molecule has 1 saturated heterocycles. The van der Waals surface area contributed by atoms with Crippen LogP contribution >= 0.6 is 11.6 Å². The quantitative estimate of drug-likeness (QED) is 0.853. The lowest BCUT2D eigenvalue weighted by Crippen LogP contribution is -2.31. The van der Waals surface area contributed by atoms with Crippen LogP contribution in [0.1, 0.15) is 6.42 Å². The number of methoxy groups -OCH3 is 1. The molecule has 0 aliphatic carbocycles. The van der Waals surface area contributed by atoms with Gasteiger partial charge in [-0.1, -0.05) is 11.6 Å². The summed E-state index contributed by atoms with van der Waals surface area (Å²) in [7, 11) is 1.34. The van der Waals surface area contributed by atoms with Crippen molar-refractivity contribution in [3.63, 3.8) is 0 Å². The van der Waals surface area contributed by atoms with Gasteiger partial charge in [0, 0.05) is 19.0 Å². The number of benzene rings is 1. The van der Waals surface area contributed by atoms with Crippen molar-refractivity contribution >= 4 is 17.6 Å². The summed E-state index contributed by atoms with van der Waals surface area (Å²) in [5.41, 5.74) is 0. The summed E-state index contributed by atoms with van der Waals surface area (Å²) >= 11 is 5.58. The number of carbonyl (C=O) groups excluding carboxylic acids is 1. The molecule has 1 fully saturated rings. The van der Waals surface area contributed by atoms with E-state index in [9.17, 15) is 9.18 Å².